The normalized spacial score (nSPS) is 21.3. The number of nitrogens with zero attached hydrogens (tertiary/aromatic N) is 2. The molecule has 0 N–H and O–H groups in total. The molecule has 3 rings (SSSR count). The van der Waals surface area contributed by atoms with Gasteiger partial charge in [-0.25, -0.2) is 4.39 Å². The lowest BCUT2D eigenvalue weighted by atomic mass is 10.1. The molecule has 18 heavy (non-hydrogen) atoms. The summed E-state index contributed by atoms with van der Waals surface area (Å²) in [5.41, 5.74) is 1.61. The molecule has 1 heterocycles. The van der Waals surface area contributed by atoms with Gasteiger partial charge in [-0.15, -0.1) is 11.6 Å². The van der Waals surface area contributed by atoms with E-state index in [9.17, 15) is 4.39 Å². The number of hydrogen-bond donors (Lipinski definition) is 0. The first-order chi connectivity index (χ1) is 8.79. The Balaban J connectivity index is 1.75. The van der Waals surface area contributed by atoms with E-state index in [4.69, 9.17) is 11.6 Å². The fraction of sp³-hybridized carbons (Fsp3) is 0.571. The van der Waals surface area contributed by atoms with E-state index in [0.717, 1.165) is 37.8 Å². The zero-order valence-electron chi connectivity index (χ0n) is 10.4. The molecule has 4 heteroatoms. The predicted molar refractivity (Wildman–Crippen MR) is 72.8 cm³/mol. The van der Waals surface area contributed by atoms with Crippen molar-refractivity contribution in [2.75, 3.05) is 31.1 Å². The van der Waals surface area contributed by atoms with Crippen LogP contribution < -0.4 is 4.90 Å². The van der Waals surface area contributed by atoms with Crippen molar-refractivity contribution in [1.82, 2.24) is 4.90 Å². The van der Waals surface area contributed by atoms with Gasteiger partial charge >= 0.3 is 0 Å². The number of anilines is 1. The van der Waals surface area contributed by atoms with Crippen LogP contribution in [-0.4, -0.2) is 37.1 Å². The lowest BCUT2D eigenvalue weighted by Gasteiger charge is -2.37. The van der Waals surface area contributed by atoms with Crippen molar-refractivity contribution in [1.29, 1.82) is 0 Å². The summed E-state index contributed by atoms with van der Waals surface area (Å²) in [5.74, 6) is 0.226. The zero-order valence-corrected chi connectivity index (χ0v) is 11.2. The van der Waals surface area contributed by atoms with Gasteiger partial charge in [0.25, 0.3) is 0 Å². The van der Waals surface area contributed by atoms with Crippen molar-refractivity contribution >= 4 is 17.3 Å². The highest BCUT2D eigenvalue weighted by atomic mass is 35.5. The highest BCUT2D eigenvalue weighted by Gasteiger charge is 2.31. The SMILES string of the molecule is Fc1cccc(CCl)c1N1CCN(C2CC2)CC1. The van der Waals surface area contributed by atoms with Crippen LogP contribution in [0.1, 0.15) is 18.4 Å². The first kappa shape index (κ1) is 12.2. The Hall–Kier alpha value is -0.800. The summed E-state index contributed by atoms with van der Waals surface area (Å²) in [7, 11) is 0. The van der Waals surface area contributed by atoms with E-state index in [2.05, 4.69) is 9.80 Å². The minimum absolute atomic E-state index is 0.145. The molecule has 2 nitrogen and oxygen atoms in total. The van der Waals surface area contributed by atoms with Gasteiger partial charge in [0, 0.05) is 38.1 Å². The standard InChI is InChI=1S/C14H18ClFN2/c15-10-11-2-1-3-13(16)14(11)18-8-6-17(7-9-18)12-4-5-12/h1-3,12H,4-10H2. The summed E-state index contributed by atoms with van der Waals surface area (Å²) in [5, 5.41) is 0. The molecule has 0 atom stereocenters. The van der Waals surface area contributed by atoms with Crippen molar-refractivity contribution in [3.05, 3.63) is 29.6 Å². The number of alkyl halides is 1. The topological polar surface area (TPSA) is 6.48 Å². The van der Waals surface area contributed by atoms with E-state index >= 15 is 0 Å². The van der Waals surface area contributed by atoms with Crippen LogP contribution in [0, 0.1) is 5.82 Å². The predicted octanol–water partition coefficient (Wildman–Crippen LogP) is 2.85. The number of rotatable bonds is 3. The fourth-order valence-electron chi connectivity index (χ4n) is 2.77. The summed E-state index contributed by atoms with van der Waals surface area (Å²) >= 11 is 5.91. The van der Waals surface area contributed by atoms with Crippen molar-refractivity contribution in [3.8, 4) is 0 Å². The number of hydrogen-bond acceptors (Lipinski definition) is 2. The van der Waals surface area contributed by atoms with Crippen molar-refractivity contribution in [2.45, 2.75) is 24.8 Å². The number of halogens is 2. The lowest BCUT2D eigenvalue weighted by Crippen LogP contribution is -2.47. The van der Waals surface area contributed by atoms with Crippen LogP contribution in [0.4, 0.5) is 10.1 Å². The average molecular weight is 269 g/mol. The molecule has 2 fully saturated rings. The Labute approximate surface area is 112 Å². The molecule has 0 bridgehead atoms. The van der Waals surface area contributed by atoms with Crippen molar-refractivity contribution in [2.24, 2.45) is 0 Å². The third-order valence-corrected chi connectivity index (χ3v) is 4.20. The first-order valence-corrected chi connectivity index (χ1v) is 7.15. The first-order valence-electron chi connectivity index (χ1n) is 6.62. The van der Waals surface area contributed by atoms with Crippen molar-refractivity contribution in [3.63, 3.8) is 0 Å². The fourth-order valence-corrected chi connectivity index (χ4v) is 2.99. The van der Waals surface area contributed by atoms with Crippen LogP contribution in [0.25, 0.3) is 0 Å². The van der Waals surface area contributed by atoms with E-state index < -0.39 is 0 Å². The van der Waals surface area contributed by atoms with Gasteiger partial charge in [0.15, 0.2) is 0 Å². The van der Waals surface area contributed by atoms with Gasteiger partial charge < -0.3 is 4.90 Å². The van der Waals surface area contributed by atoms with E-state index in [1.165, 1.54) is 18.9 Å². The third kappa shape index (κ3) is 2.34. The molecule has 0 aromatic heterocycles. The summed E-state index contributed by atoms with van der Waals surface area (Å²) in [6.45, 7) is 3.89. The monoisotopic (exact) mass is 268 g/mol. The molecule has 2 aliphatic rings. The Morgan fingerprint density at radius 2 is 1.89 bits per heavy atom. The quantitative estimate of drug-likeness (QED) is 0.778. The number of benzene rings is 1. The molecule has 1 saturated carbocycles. The van der Waals surface area contributed by atoms with Gasteiger partial charge in [-0.05, 0) is 24.5 Å². The molecule has 1 aromatic rings. The van der Waals surface area contributed by atoms with Crippen LogP contribution in [-0.2, 0) is 5.88 Å². The second-order valence-corrected chi connectivity index (χ2v) is 5.40. The van der Waals surface area contributed by atoms with Gasteiger partial charge in [0.05, 0.1) is 5.69 Å². The summed E-state index contributed by atoms with van der Waals surface area (Å²) in [6.07, 6.45) is 2.68. The van der Waals surface area contributed by atoms with Crippen LogP contribution >= 0.6 is 11.6 Å². The van der Waals surface area contributed by atoms with E-state index in [1.807, 2.05) is 6.07 Å². The summed E-state index contributed by atoms with van der Waals surface area (Å²) in [6, 6.07) is 5.98. The maximum atomic E-state index is 14.0. The molecule has 0 unspecified atom stereocenters. The molecule has 1 aromatic carbocycles. The maximum absolute atomic E-state index is 14.0. The smallest absolute Gasteiger partial charge is 0.146 e. The van der Waals surface area contributed by atoms with Crippen LogP contribution in [0.15, 0.2) is 18.2 Å². The average Bonchev–Trinajstić information content (AvgIpc) is 3.23. The van der Waals surface area contributed by atoms with Gasteiger partial charge in [-0.1, -0.05) is 12.1 Å². The van der Waals surface area contributed by atoms with Gasteiger partial charge in [-0.2, -0.15) is 0 Å². The second kappa shape index (κ2) is 5.06. The molecule has 1 saturated heterocycles. The Kier molecular flexibility index (Phi) is 3.44. The minimum Gasteiger partial charge on any atom is -0.366 e. The molecular weight excluding hydrogens is 251 g/mol. The molecule has 1 aliphatic heterocycles. The van der Waals surface area contributed by atoms with Crippen LogP contribution in [0.3, 0.4) is 0 Å². The molecule has 0 radical (unpaired) electrons. The van der Waals surface area contributed by atoms with E-state index in [1.54, 1.807) is 6.07 Å². The molecule has 98 valence electrons. The largest absolute Gasteiger partial charge is 0.366 e. The van der Waals surface area contributed by atoms with E-state index in [-0.39, 0.29) is 5.82 Å². The Morgan fingerprint density at radius 1 is 1.17 bits per heavy atom. The third-order valence-electron chi connectivity index (χ3n) is 3.91. The van der Waals surface area contributed by atoms with Gasteiger partial charge in [0.2, 0.25) is 0 Å². The Bertz CT molecular complexity index is 426. The van der Waals surface area contributed by atoms with Crippen LogP contribution in [0.2, 0.25) is 0 Å². The minimum atomic E-state index is -0.145. The molecule has 0 spiro atoms. The van der Waals surface area contributed by atoms with Gasteiger partial charge in [-0.3, -0.25) is 4.90 Å². The molecular formula is C14H18ClFN2. The highest BCUT2D eigenvalue weighted by Crippen LogP contribution is 2.31. The maximum Gasteiger partial charge on any atom is 0.146 e. The molecule has 1 aliphatic carbocycles. The zero-order chi connectivity index (χ0) is 12.5. The summed E-state index contributed by atoms with van der Waals surface area (Å²) < 4.78 is 14.0. The highest BCUT2D eigenvalue weighted by molar-refractivity contribution is 6.17. The summed E-state index contributed by atoms with van der Waals surface area (Å²) in [4.78, 5) is 4.67. The number of piperazine rings is 1. The van der Waals surface area contributed by atoms with Gasteiger partial charge in [0.1, 0.15) is 5.82 Å². The van der Waals surface area contributed by atoms with Crippen molar-refractivity contribution < 1.29 is 4.39 Å². The lowest BCUT2D eigenvalue weighted by molar-refractivity contribution is 0.247. The second-order valence-electron chi connectivity index (χ2n) is 5.14. The Morgan fingerprint density at radius 3 is 2.50 bits per heavy atom. The van der Waals surface area contributed by atoms with E-state index in [0.29, 0.717) is 11.6 Å². The molecule has 0 amide bonds. The number of para-hydroxylation sites is 1. The van der Waals surface area contributed by atoms with Crippen LogP contribution in [0.5, 0.6) is 0 Å².